The van der Waals surface area contributed by atoms with Gasteiger partial charge in [-0.15, -0.1) is 0 Å². The van der Waals surface area contributed by atoms with E-state index >= 15 is 0 Å². The Morgan fingerprint density at radius 1 is 0.860 bits per heavy atom. The van der Waals surface area contributed by atoms with Crippen LogP contribution < -0.4 is 10.1 Å². The van der Waals surface area contributed by atoms with Crippen molar-refractivity contribution in [1.82, 2.24) is 10.4 Å². The second kappa shape index (κ2) is 13.3. The van der Waals surface area contributed by atoms with Crippen LogP contribution in [0.15, 0.2) is 84.9 Å². The van der Waals surface area contributed by atoms with E-state index in [9.17, 15) is 27.2 Å². The van der Waals surface area contributed by atoms with E-state index in [2.05, 4.69) is 5.32 Å². The van der Waals surface area contributed by atoms with Gasteiger partial charge in [0.25, 0.3) is 11.8 Å². The molecule has 11 heteroatoms. The molecule has 0 saturated carbocycles. The van der Waals surface area contributed by atoms with Crippen LogP contribution in [0.5, 0.6) is 5.75 Å². The summed E-state index contributed by atoms with van der Waals surface area (Å²) in [5.74, 6) is -1.47. The second-order valence-corrected chi connectivity index (χ2v) is 9.97. The van der Waals surface area contributed by atoms with Crippen LogP contribution in [0.4, 0.5) is 17.6 Å². The number of hydrogen-bond acceptors (Lipinski definition) is 4. The van der Waals surface area contributed by atoms with Crippen molar-refractivity contribution >= 4 is 23.4 Å². The fraction of sp³-hybridized carbons (Fsp3) is 0.188. The molecule has 0 aromatic heterocycles. The summed E-state index contributed by atoms with van der Waals surface area (Å²) in [6, 6.07) is 19.7. The number of carbonyl (C=O) groups is 2. The molecule has 4 aromatic carbocycles. The first-order valence-corrected chi connectivity index (χ1v) is 13.3. The number of nitrogens with one attached hydrogen (secondary N) is 1. The molecule has 224 valence electrons. The highest BCUT2D eigenvalue weighted by Crippen LogP contribution is 2.32. The Bertz CT molecular complexity index is 1610. The summed E-state index contributed by atoms with van der Waals surface area (Å²) in [4.78, 5) is 31.7. The van der Waals surface area contributed by atoms with E-state index in [1.54, 1.807) is 36.4 Å². The van der Waals surface area contributed by atoms with Gasteiger partial charge in [-0.3, -0.25) is 14.4 Å². The number of likely N-dealkylation sites (N-methyl/N-ethyl adjacent to an activating group) is 1. The van der Waals surface area contributed by atoms with Crippen molar-refractivity contribution in [3.8, 4) is 28.0 Å². The first kappa shape index (κ1) is 31.5. The van der Waals surface area contributed by atoms with Gasteiger partial charge < -0.3 is 10.1 Å². The first-order chi connectivity index (χ1) is 20.4. The smallest absolute Gasteiger partial charge is 0.416 e. The lowest BCUT2D eigenvalue weighted by Crippen LogP contribution is -2.48. The highest BCUT2D eigenvalue weighted by molar-refractivity contribution is 6.31. The SMILES string of the molecule is COc1ccc(-c2ccc(C(F)(F)F)cc2)cc1C(=O)N[C@H](Cc1ccc(-c2ccc(F)c(Cl)c2)cc1)C(=O)N(C)OC. The maximum Gasteiger partial charge on any atom is 0.416 e. The van der Waals surface area contributed by atoms with Crippen LogP contribution in [0.1, 0.15) is 21.5 Å². The zero-order chi connectivity index (χ0) is 31.3. The highest BCUT2D eigenvalue weighted by atomic mass is 35.5. The molecule has 0 aliphatic rings. The van der Waals surface area contributed by atoms with Crippen LogP contribution >= 0.6 is 11.6 Å². The monoisotopic (exact) mass is 614 g/mol. The molecule has 0 fully saturated rings. The molecule has 0 aliphatic heterocycles. The van der Waals surface area contributed by atoms with Crippen LogP contribution in [0.2, 0.25) is 5.02 Å². The Labute approximate surface area is 250 Å². The summed E-state index contributed by atoms with van der Waals surface area (Å²) >= 11 is 5.91. The van der Waals surface area contributed by atoms with Crippen molar-refractivity contribution in [3.63, 3.8) is 0 Å². The number of amides is 2. The van der Waals surface area contributed by atoms with E-state index in [0.29, 0.717) is 22.3 Å². The van der Waals surface area contributed by atoms with Gasteiger partial charge in [-0.05, 0) is 64.2 Å². The summed E-state index contributed by atoms with van der Waals surface area (Å²) < 4.78 is 58.0. The van der Waals surface area contributed by atoms with Gasteiger partial charge in [0.05, 0.1) is 30.4 Å². The lowest BCUT2D eigenvalue weighted by molar-refractivity contribution is -0.170. The van der Waals surface area contributed by atoms with Crippen molar-refractivity contribution < 1.29 is 36.7 Å². The van der Waals surface area contributed by atoms with Crippen LogP contribution in [0, 0.1) is 5.82 Å². The minimum atomic E-state index is -4.48. The molecule has 0 aliphatic carbocycles. The minimum absolute atomic E-state index is 0.00429. The van der Waals surface area contributed by atoms with Gasteiger partial charge in [-0.25, -0.2) is 9.45 Å². The largest absolute Gasteiger partial charge is 0.496 e. The molecule has 4 aromatic rings. The number of halogens is 5. The van der Waals surface area contributed by atoms with E-state index in [4.69, 9.17) is 21.2 Å². The number of hydrogen-bond donors (Lipinski definition) is 1. The zero-order valence-electron chi connectivity index (χ0n) is 23.3. The van der Waals surface area contributed by atoms with Crippen molar-refractivity contribution in [2.75, 3.05) is 21.3 Å². The Hall–Kier alpha value is -4.41. The third-order valence-electron chi connectivity index (χ3n) is 6.82. The maximum atomic E-state index is 13.6. The normalized spacial score (nSPS) is 12.0. The molecule has 6 nitrogen and oxygen atoms in total. The van der Waals surface area contributed by atoms with Crippen molar-refractivity contribution in [3.05, 3.63) is 112 Å². The van der Waals surface area contributed by atoms with Crippen LogP contribution in [-0.4, -0.2) is 44.2 Å². The molecule has 4 rings (SSSR count). The number of hydroxylamine groups is 2. The number of nitrogens with zero attached hydrogens (tertiary/aromatic N) is 1. The highest BCUT2D eigenvalue weighted by Gasteiger charge is 2.30. The summed E-state index contributed by atoms with van der Waals surface area (Å²) in [6.45, 7) is 0. The van der Waals surface area contributed by atoms with Gasteiger partial charge in [0.15, 0.2) is 0 Å². The van der Waals surface area contributed by atoms with E-state index in [-0.39, 0.29) is 22.8 Å². The lowest BCUT2D eigenvalue weighted by atomic mass is 9.99. The van der Waals surface area contributed by atoms with E-state index < -0.39 is 35.4 Å². The molecule has 0 spiro atoms. The average molecular weight is 615 g/mol. The summed E-state index contributed by atoms with van der Waals surface area (Å²) in [7, 11) is 4.10. The molecule has 2 amide bonds. The van der Waals surface area contributed by atoms with Crippen LogP contribution in [0.3, 0.4) is 0 Å². The number of benzene rings is 4. The molecule has 0 saturated heterocycles. The van der Waals surface area contributed by atoms with Gasteiger partial charge in [-0.2, -0.15) is 13.2 Å². The summed E-state index contributed by atoms with van der Waals surface area (Å²) in [5, 5.41) is 3.73. The van der Waals surface area contributed by atoms with Crippen LogP contribution in [0.25, 0.3) is 22.3 Å². The van der Waals surface area contributed by atoms with Crippen molar-refractivity contribution in [1.29, 1.82) is 0 Å². The topological polar surface area (TPSA) is 67.9 Å². The zero-order valence-corrected chi connectivity index (χ0v) is 24.1. The Morgan fingerprint density at radius 2 is 1.42 bits per heavy atom. The molecular weight excluding hydrogens is 588 g/mol. The molecule has 0 heterocycles. The molecular formula is C32H27ClF4N2O4. The minimum Gasteiger partial charge on any atom is -0.496 e. The van der Waals surface area contributed by atoms with Gasteiger partial charge in [0.2, 0.25) is 0 Å². The van der Waals surface area contributed by atoms with Gasteiger partial charge in [0.1, 0.15) is 17.6 Å². The van der Waals surface area contributed by atoms with E-state index in [0.717, 1.165) is 22.8 Å². The Balaban J connectivity index is 1.59. The second-order valence-electron chi connectivity index (χ2n) is 9.56. The summed E-state index contributed by atoms with van der Waals surface area (Å²) in [5.41, 5.74) is 2.43. The molecule has 43 heavy (non-hydrogen) atoms. The number of alkyl halides is 3. The van der Waals surface area contributed by atoms with Crippen molar-refractivity contribution in [2.45, 2.75) is 18.6 Å². The van der Waals surface area contributed by atoms with Crippen molar-refractivity contribution in [2.24, 2.45) is 0 Å². The third kappa shape index (κ3) is 7.52. The molecule has 1 N–H and O–H groups in total. The predicted octanol–water partition coefficient (Wildman–Crippen LogP) is 7.20. The Kier molecular flexibility index (Phi) is 9.73. The number of carbonyl (C=O) groups excluding carboxylic acids is 2. The average Bonchev–Trinajstić information content (AvgIpc) is 3.01. The maximum absolute atomic E-state index is 13.6. The lowest BCUT2D eigenvalue weighted by Gasteiger charge is -2.23. The standard InChI is InChI=1S/C32H27ClF4N2O4/c1-39(43-3)31(41)28(16-19-4-6-20(7-5-19)23-10-14-27(34)26(33)18-23)38-30(40)25-17-22(11-15-29(25)42-2)21-8-12-24(13-9-21)32(35,36)37/h4-15,17-18,28H,16H2,1-3H3,(H,38,40)/t28-/m1/s1. The van der Waals surface area contributed by atoms with Gasteiger partial charge in [0, 0.05) is 13.5 Å². The number of ether oxygens (including phenoxy) is 1. The molecule has 0 radical (unpaired) electrons. The van der Waals surface area contributed by atoms with Gasteiger partial charge in [-0.1, -0.05) is 60.1 Å². The number of methoxy groups -OCH3 is 1. The summed E-state index contributed by atoms with van der Waals surface area (Å²) in [6.07, 6.45) is -4.38. The fourth-order valence-corrected chi connectivity index (χ4v) is 4.59. The third-order valence-corrected chi connectivity index (χ3v) is 7.11. The first-order valence-electron chi connectivity index (χ1n) is 12.9. The molecule has 0 unspecified atom stereocenters. The molecule has 0 bridgehead atoms. The van der Waals surface area contributed by atoms with E-state index in [1.165, 1.54) is 57.7 Å². The quantitative estimate of drug-likeness (QED) is 0.160. The van der Waals surface area contributed by atoms with E-state index in [1.807, 2.05) is 0 Å². The Morgan fingerprint density at radius 3 is 1.98 bits per heavy atom. The van der Waals surface area contributed by atoms with Gasteiger partial charge >= 0.3 is 6.18 Å². The number of rotatable bonds is 9. The molecule has 1 atom stereocenters. The fourth-order valence-electron chi connectivity index (χ4n) is 4.41. The van der Waals surface area contributed by atoms with Crippen LogP contribution in [-0.2, 0) is 22.2 Å². The predicted molar refractivity (Wildman–Crippen MR) is 155 cm³/mol.